The Morgan fingerprint density at radius 2 is 0.774 bits per heavy atom. The van der Waals surface area contributed by atoms with Gasteiger partial charge in [-0.25, -0.2) is 18.0 Å². The predicted molar refractivity (Wildman–Crippen MR) is 441 cm³/mol. The second kappa shape index (κ2) is 37.0. The fourth-order valence-corrected chi connectivity index (χ4v) is 18.6. The van der Waals surface area contributed by atoms with Crippen LogP contribution in [0.4, 0.5) is 30.2 Å². The van der Waals surface area contributed by atoms with Gasteiger partial charge in [0, 0.05) is 120 Å². The SMILES string of the molecule is C.CC(C)(C)CC1NC(C(=O)NCCC(CO)CO)C(c2cccc(Cl)c2)C12C(=O)Nc1cc(Cl)c(F)cc12.CC(C)(C)CC1NC(C(=O)NCCC(O)C(=O)O)C(c2cccc(Cl)c2)C12C(=O)Nc1cc(Cl)c(F)cc12.COCC(O)CCNC(=O)C1NC(CC(C)(C)C)C2(C(=O)Nc3cc(Cl)c(F)cc32)C1c1cccc(Cl)c1. The van der Waals surface area contributed by atoms with Crippen LogP contribution in [0.15, 0.2) is 109 Å². The lowest BCUT2D eigenvalue weighted by Gasteiger charge is -2.37. The quantitative estimate of drug-likeness (QED) is 0.0283. The fraction of sp³-hybridized carbons (Fsp3) is 0.488. The highest BCUT2D eigenvalue weighted by atomic mass is 35.5. The van der Waals surface area contributed by atoms with Crippen molar-refractivity contribution in [3.05, 3.63) is 190 Å². The van der Waals surface area contributed by atoms with Gasteiger partial charge in [-0.3, -0.25) is 28.8 Å². The number of benzene rings is 6. The standard InChI is InChI=1S/2C28H34Cl2FN3O4.C27H30Cl2FN3O5.CH4/c1-27(2,3)13-22-28(18-11-20(31)19(30)12-21(18)33-26(28)37)23(15-6-5-7-16(29)10-15)24(34-22)25(36)32-9-8-17(35)14-38-4;1-27(2,3)12-22-28(18-10-20(31)19(30)11-21(18)33-26(28)38)23(16-5-4-6-17(29)9-16)24(34-22)25(37)32-8-7-15(13-35)14-36;1-26(2,3)12-20-27(15-10-17(30)16(29)11-18(15)32-25(27)38)21(13-5-4-6-14(28)9-13)22(33-20)23(35)31-8-7-19(34)24(36)37;/h5-7,10-12,17,22-24,34-35H,8-9,13-14H2,1-4H3,(H,32,36)(H,33,37);4-6,9-11,15,22-24,34-36H,7-8,12-14H2,1-3H3,(H,32,37)(H,33,38);4-6,9-11,19-22,33-34H,7-8,12H2,1-3H3,(H,31,35)(H,32,38)(H,36,37);1H4. The van der Waals surface area contributed by atoms with E-state index in [9.17, 15) is 67.2 Å². The van der Waals surface area contributed by atoms with Crippen LogP contribution >= 0.6 is 69.6 Å². The molecule has 3 saturated heterocycles. The molecule has 22 nitrogen and oxygen atoms in total. The van der Waals surface area contributed by atoms with E-state index >= 15 is 0 Å². The van der Waals surface area contributed by atoms with E-state index in [1.54, 1.807) is 60.7 Å². The van der Waals surface area contributed by atoms with E-state index in [0.717, 1.165) is 0 Å². The number of nitrogens with one attached hydrogen (secondary N) is 9. The Labute approximate surface area is 698 Å². The molecule has 14 atom stereocenters. The predicted octanol–water partition coefficient (Wildman–Crippen LogP) is 12.9. The van der Waals surface area contributed by atoms with Gasteiger partial charge in [0.15, 0.2) is 6.10 Å². The number of carbonyl (C=O) groups excluding carboxylic acids is 6. The number of carbonyl (C=O) groups is 7. The van der Waals surface area contributed by atoms with Crippen molar-refractivity contribution in [1.29, 1.82) is 0 Å². The molecule has 0 radical (unpaired) electrons. The summed E-state index contributed by atoms with van der Waals surface area (Å²) in [5.41, 5.74) is -0.284. The number of anilines is 3. The number of ether oxygens (including phenoxy) is 1. The highest BCUT2D eigenvalue weighted by Gasteiger charge is 2.69. The van der Waals surface area contributed by atoms with Crippen molar-refractivity contribution in [2.75, 3.05) is 62.5 Å². The molecule has 6 aromatic carbocycles. The first kappa shape index (κ1) is 91.7. The maximum atomic E-state index is 14.9. The van der Waals surface area contributed by atoms with Crippen molar-refractivity contribution in [2.45, 2.75) is 191 Å². The summed E-state index contributed by atoms with van der Waals surface area (Å²) >= 11 is 37.3. The van der Waals surface area contributed by atoms with Crippen molar-refractivity contribution >= 4 is 128 Å². The van der Waals surface area contributed by atoms with E-state index in [0.29, 0.717) is 97.6 Å². The Bertz CT molecular complexity index is 4620. The van der Waals surface area contributed by atoms with Gasteiger partial charge in [-0.2, -0.15) is 0 Å². The molecule has 31 heteroatoms. The monoisotopic (exact) mass is 1710 g/mol. The molecule has 6 amide bonds. The Kier molecular flexibility index (Phi) is 29.5. The normalized spacial score (nSPS) is 24.9. The van der Waals surface area contributed by atoms with Crippen LogP contribution in [0.25, 0.3) is 0 Å². The van der Waals surface area contributed by atoms with Gasteiger partial charge in [0.05, 0.1) is 45.9 Å². The van der Waals surface area contributed by atoms with Crippen LogP contribution in [0.5, 0.6) is 0 Å². The smallest absolute Gasteiger partial charge is 0.332 e. The number of hydrogen-bond acceptors (Lipinski definition) is 15. The van der Waals surface area contributed by atoms with Gasteiger partial charge >= 0.3 is 5.97 Å². The summed E-state index contributed by atoms with van der Waals surface area (Å²) in [6.07, 6.45) is -0.354. The van der Waals surface area contributed by atoms with Crippen molar-refractivity contribution in [1.82, 2.24) is 31.9 Å². The highest BCUT2D eigenvalue weighted by Crippen LogP contribution is 2.61. The number of amides is 6. The Balaban J connectivity index is 0.000000196. The van der Waals surface area contributed by atoms with Crippen molar-refractivity contribution in [3.8, 4) is 0 Å². The number of rotatable bonds is 23. The maximum absolute atomic E-state index is 14.9. The van der Waals surface area contributed by atoms with Crippen molar-refractivity contribution in [3.63, 3.8) is 0 Å². The lowest BCUT2D eigenvalue weighted by atomic mass is 9.62. The van der Waals surface area contributed by atoms with Crippen LogP contribution in [0.2, 0.25) is 30.1 Å². The number of aliphatic hydroxyl groups excluding tert-OH is 4. The minimum absolute atomic E-state index is 0. The maximum Gasteiger partial charge on any atom is 0.332 e. The van der Waals surface area contributed by atoms with E-state index in [1.807, 2.05) is 53.7 Å². The molecular formula is C84H102Cl6F3N9O13. The average Bonchev–Trinajstić information content (AvgIpc) is 1.55. The number of fused-ring (bicyclic) bond motifs is 6. The molecular weight excluding hydrogens is 1610 g/mol. The molecule has 0 aromatic heterocycles. The molecule has 624 valence electrons. The van der Waals surface area contributed by atoms with Gasteiger partial charge in [-0.15, -0.1) is 0 Å². The molecule has 115 heavy (non-hydrogen) atoms. The number of methoxy groups -OCH3 is 1. The van der Waals surface area contributed by atoms with E-state index in [1.165, 1.54) is 43.5 Å². The van der Waals surface area contributed by atoms with Crippen LogP contribution < -0.4 is 47.9 Å². The zero-order valence-electron chi connectivity index (χ0n) is 64.7. The molecule has 0 aliphatic carbocycles. The van der Waals surface area contributed by atoms with Crippen LogP contribution in [-0.2, 0) is 54.5 Å². The first-order valence-corrected chi connectivity index (χ1v) is 39.9. The minimum atomic E-state index is -1.63. The second-order valence-corrected chi connectivity index (χ2v) is 36.4. The molecule has 3 spiro atoms. The molecule has 0 bridgehead atoms. The lowest BCUT2D eigenvalue weighted by Crippen LogP contribution is -2.49. The molecule has 6 heterocycles. The summed E-state index contributed by atoms with van der Waals surface area (Å²) in [7, 11) is 1.50. The third kappa shape index (κ3) is 19.3. The first-order valence-electron chi connectivity index (χ1n) is 37.7. The third-order valence-corrected chi connectivity index (χ3v) is 23.7. The molecule has 12 rings (SSSR count). The number of hydrogen-bond donors (Lipinski definition) is 14. The molecule has 14 unspecified atom stereocenters. The zero-order valence-corrected chi connectivity index (χ0v) is 69.2. The first-order chi connectivity index (χ1) is 53.5. The topological polar surface area (TPSA) is 338 Å². The van der Waals surface area contributed by atoms with Gasteiger partial charge in [-0.05, 0) is 155 Å². The van der Waals surface area contributed by atoms with Gasteiger partial charge < -0.3 is 78.1 Å². The van der Waals surface area contributed by atoms with Gasteiger partial charge in [0.25, 0.3) is 0 Å². The van der Waals surface area contributed by atoms with Gasteiger partial charge in [0.1, 0.15) is 33.7 Å². The minimum Gasteiger partial charge on any atom is -0.479 e. The number of carboxylic acid groups (broad SMARTS) is 1. The Morgan fingerprint density at radius 1 is 0.478 bits per heavy atom. The molecule has 6 aliphatic rings. The zero-order chi connectivity index (χ0) is 83.6. The number of aliphatic hydroxyl groups is 4. The van der Waals surface area contributed by atoms with Crippen LogP contribution in [0.1, 0.15) is 159 Å². The molecule has 6 aromatic rings. The summed E-state index contributed by atoms with van der Waals surface area (Å²) in [6, 6.07) is 24.8. The summed E-state index contributed by atoms with van der Waals surface area (Å²) in [5.74, 6) is -8.15. The molecule has 3 fully saturated rings. The summed E-state index contributed by atoms with van der Waals surface area (Å²) < 4.78 is 49.7. The van der Waals surface area contributed by atoms with E-state index in [-0.39, 0.29) is 114 Å². The summed E-state index contributed by atoms with van der Waals surface area (Å²) in [5, 5.41) is 75.8. The molecule has 14 N–H and O–H groups in total. The Morgan fingerprint density at radius 3 is 1.04 bits per heavy atom. The van der Waals surface area contributed by atoms with Gasteiger partial charge in [0.2, 0.25) is 35.4 Å². The van der Waals surface area contributed by atoms with Crippen LogP contribution in [0.3, 0.4) is 0 Å². The highest BCUT2D eigenvalue weighted by molar-refractivity contribution is 6.33. The number of halogens is 9. The molecule has 0 saturated carbocycles. The average molecular weight is 1720 g/mol. The largest absolute Gasteiger partial charge is 0.479 e. The lowest BCUT2D eigenvalue weighted by molar-refractivity contribution is -0.147. The van der Waals surface area contributed by atoms with Crippen LogP contribution in [-0.4, -0.2) is 162 Å². The van der Waals surface area contributed by atoms with Gasteiger partial charge in [-0.1, -0.05) is 176 Å². The fourth-order valence-electron chi connectivity index (χ4n) is 17.5. The second-order valence-electron chi connectivity index (χ2n) is 33.8. The molecule has 6 aliphatic heterocycles. The number of aliphatic carboxylic acids is 1. The van der Waals surface area contributed by atoms with Crippen molar-refractivity contribution < 1.29 is 77.0 Å². The van der Waals surface area contributed by atoms with Crippen LogP contribution in [0, 0.1) is 39.6 Å². The van der Waals surface area contributed by atoms with E-state index < -0.39 is 118 Å². The van der Waals surface area contributed by atoms with Crippen molar-refractivity contribution in [2.24, 2.45) is 22.2 Å². The van der Waals surface area contributed by atoms with E-state index in [2.05, 4.69) is 68.6 Å². The number of carboxylic acids is 1. The Hall–Kier alpha value is -7.18. The summed E-state index contributed by atoms with van der Waals surface area (Å²) in [4.78, 5) is 94.1. The third-order valence-electron chi connectivity index (χ3n) is 22.1. The summed E-state index contributed by atoms with van der Waals surface area (Å²) in [6.45, 7) is 18.4. The van der Waals surface area contributed by atoms with E-state index in [4.69, 9.17) is 79.4 Å².